The van der Waals surface area contributed by atoms with Crippen LogP contribution in [0.5, 0.6) is 11.8 Å². The van der Waals surface area contributed by atoms with Crippen LogP contribution >= 0.6 is 0 Å². The van der Waals surface area contributed by atoms with Crippen molar-refractivity contribution in [3.63, 3.8) is 0 Å². The Bertz CT molecular complexity index is 1260. The molecule has 1 aromatic carbocycles. The third-order valence-corrected chi connectivity index (χ3v) is 5.72. The van der Waals surface area contributed by atoms with E-state index in [1.165, 1.54) is 12.1 Å². The zero-order valence-electron chi connectivity index (χ0n) is 18.4. The number of halogens is 1. The van der Waals surface area contributed by atoms with Gasteiger partial charge in [-0.1, -0.05) is 12.1 Å². The summed E-state index contributed by atoms with van der Waals surface area (Å²) in [5.41, 5.74) is 4.36. The first kappa shape index (κ1) is 21.1. The molecular weight excluding hydrogens is 423 g/mol. The van der Waals surface area contributed by atoms with Gasteiger partial charge in [-0.2, -0.15) is 0 Å². The summed E-state index contributed by atoms with van der Waals surface area (Å²) in [7, 11) is 3.29. The van der Waals surface area contributed by atoms with E-state index >= 15 is 0 Å². The van der Waals surface area contributed by atoms with Crippen LogP contribution in [0.2, 0.25) is 0 Å². The van der Waals surface area contributed by atoms with E-state index in [9.17, 15) is 9.18 Å². The van der Waals surface area contributed by atoms with E-state index in [1.54, 1.807) is 55.7 Å². The van der Waals surface area contributed by atoms with Gasteiger partial charge >= 0.3 is 0 Å². The molecular formula is C25H23FN4O3. The number of ether oxygens (including phenoxy) is 2. The number of benzene rings is 1. The van der Waals surface area contributed by atoms with E-state index in [4.69, 9.17) is 9.47 Å². The second-order valence-electron chi connectivity index (χ2n) is 8.19. The van der Waals surface area contributed by atoms with Crippen LogP contribution in [-0.2, 0) is 13.1 Å². The Labute approximate surface area is 190 Å². The summed E-state index contributed by atoms with van der Waals surface area (Å²) in [6.45, 7) is 0.888. The number of rotatable bonds is 7. The molecule has 1 aliphatic heterocycles. The Hall–Kier alpha value is -3.81. The van der Waals surface area contributed by atoms with Crippen LogP contribution in [0.3, 0.4) is 0 Å². The molecule has 7 nitrogen and oxygen atoms in total. The van der Waals surface area contributed by atoms with Crippen molar-refractivity contribution >= 4 is 12.1 Å². The molecule has 1 amide bonds. The van der Waals surface area contributed by atoms with E-state index in [1.807, 2.05) is 0 Å². The molecule has 1 aliphatic carbocycles. The van der Waals surface area contributed by atoms with E-state index in [2.05, 4.69) is 15.0 Å². The second-order valence-corrected chi connectivity index (χ2v) is 8.19. The molecule has 0 radical (unpaired) electrons. The number of aliphatic imine (C=N–C) groups is 1. The molecule has 0 unspecified atom stereocenters. The van der Waals surface area contributed by atoms with Crippen LogP contribution in [0.15, 0.2) is 47.6 Å². The molecule has 0 saturated heterocycles. The van der Waals surface area contributed by atoms with Crippen molar-refractivity contribution < 1.29 is 18.7 Å². The topological polar surface area (TPSA) is 76.9 Å². The summed E-state index contributed by atoms with van der Waals surface area (Å²) in [5, 5.41) is 0. The molecule has 3 aromatic rings. The summed E-state index contributed by atoms with van der Waals surface area (Å²) in [4.78, 5) is 28.0. The summed E-state index contributed by atoms with van der Waals surface area (Å²) in [6, 6.07) is 9.68. The Morgan fingerprint density at radius 2 is 2.06 bits per heavy atom. The van der Waals surface area contributed by atoms with Gasteiger partial charge in [-0.25, -0.2) is 14.4 Å². The minimum atomic E-state index is -0.339. The van der Waals surface area contributed by atoms with Gasteiger partial charge in [0.25, 0.3) is 5.91 Å². The quantitative estimate of drug-likeness (QED) is 0.548. The number of pyridine rings is 2. The van der Waals surface area contributed by atoms with Crippen molar-refractivity contribution in [1.82, 2.24) is 14.9 Å². The average Bonchev–Trinajstić information content (AvgIpc) is 3.49. The monoisotopic (exact) mass is 446 g/mol. The number of carbonyl (C=O) groups excluding carboxylic acids is 1. The molecule has 1 fully saturated rings. The molecule has 8 heteroatoms. The first-order chi connectivity index (χ1) is 16.0. The average molecular weight is 446 g/mol. The van der Waals surface area contributed by atoms with Crippen LogP contribution < -0.4 is 9.47 Å². The van der Waals surface area contributed by atoms with Gasteiger partial charge in [0.15, 0.2) is 0 Å². The SMILES string of the molecule is COc1ncc(CN(C)C(=O)c2ccc(-c3cccc(F)c3)c(OC3CC3)n2)c2c1C=NC2. The zero-order chi connectivity index (χ0) is 22.9. The predicted molar refractivity (Wildman–Crippen MR) is 121 cm³/mol. The summed E-state index contributed by atoms with van der Waals surface area (Å²) in [5.74, 6) is 0.294. The summed E-state index contributed by atoms with van der Waals surface area (Å²) in [6.07, 6.45) is 5.44. The Morgan fingerprint density at radius 3 is 2.82 bits per heavy atom. The molecule has 0 atom stereocenters. The zero-order valence-corrected chi connectivity index (χ0v) is 18.4. The number of hydrogen-bond acceptors (Lipinski definition) is 6. The van der Waals surface area contributed by atoms with Crippen molar-refractivity contribution in [2.24, 2.45) is 4.99 Å². The van der Waals surface area contributed by atoms with Gasteiger partial charge < -0.3 is 14.4 Å². The van der Waals surface area contributed by atoms with Crippen molar-refractivity contribution in [2.45, 2.75) is 32.0 Å². The van der Waals surface area contributed by atoms with E-state index < -0.39 is 0 Å². The number of fused-ring (bicyclic) bond motifs is 1. The third-order valence-electron chi connectivity index (χ3n) is 5.72. The standard InChI is InChI=1S/C25H23FN4O3/c1-30(14-16-11-28-23(32-2)21-13-27-12-20(16)21)25(31)22-9-8-19(15-4-3-5-17(26)10-15)24(29-22)33-18-6-7-18/h3-5,8-11,13,18H,6-7,12,14H2,1-2H3. The maximum Gasteiger partial charge on any atom is 0.272 e. The molecule has 0 bridgehead atoms. The van der Waals surface area contributed by atoms with Gasteiger partial charge in [-0.15, -0.1) is 0 Å². The summed E-state index contributed by atoms with van der Waals surface area (Å²) < 4.78 is 25.1. The Morgan fingerprint density at radius 1 is 1.21 bits per heavy atom. The summed E-state index contributed by atoms with van der Waals surface area (Å²) >= 11 is 0. The number of hydrogen-bond donors (Lipinski definition) is 0. The molecule has 33 heavy (non-hydrogen) atoms. The second kappa shape index (κ2) is 8.61. The fraction of sp³-hybridized carbons (Fsp3) is 0.280. The Balaban J connectivity index is 1.41. The van der Waals surface area contributed by atoms with Crippen molar-refractivity contribution in [2.75, 3.05) is 14.2 Å². The van der Waals surface area contributed by atoms with Crippen molar-refractivity contribution in [3.8, 4) is 22.9 Å². The number of carbonyl (C=O) groups is 1. The van der Waals surface area contributed by atoms with Crippen molar-refractivity contribution in [3.05, 3.63) is 70.8 Å². The lowest BCUT2D eigenvalue weighted by molar-refractivity contribution is 0.0777. The maximum absolute atomic E-state index is 13.8. The highest BCUT2D eigenvalue weighted by Gasteiger charge is 2.27. The highest BCUT2D eigenvalue weighted by Crippen LogP contribution is 2.34. The van der Waals surface area contributed by atoms with Gasteiger partial charge in [0.1, 0.15) is 17.6 Å². The highest BCUT2D eigenvalue weighted by molar-refractivity contribution is 5.93. The van der Waals surface area contributed by atoms with Crippen LogP contribution in [0.1, 0.15) is 40.0 Å². The molecule has 3 heterocycles. The fourth-order valence-corrected chi connectivity index (χ4v) is 3.82. The fourth-order valence-electron chi connectivity index (χ4n) is 3.82. The van der Waals surface area contributed by atoms with Gasteiger partial charge in [0.2, 0.25) is 11.8 Å². The molecule has 1 saturated carbocycles. The van der Waals surface area contributed by atoms with Gasteiger partial charge in [-0.3, -0.25) is 9.79 Å². The van der Waals surface area contributed by atoms with Crippen LogP contribution in [0, 0.1) is 5.82 Å². The third kappa shape index (κ3) is 4.28. The van der Waals surface area contributed by atoms with E-state index in [0.29, 0.717) is 36.0 Å². The van der Waals surface area contributed by atoms with Gasteiger partial charge in [-0.05, 0) is 53.8 Å². The lowest BCUT2D eigenvalue weighted by Crippen LogP contribution is -2.28. The largest absolute Gasteiger partial charge is 0.481 e. The Kier molecular flexibility index (Phi) is 5.50. The lowest BCUT2D eigenvalue weighted by atomic mass is 10.1. The highest BCUT2D eigenvalue weighted by atomic mass is 19.1. The maximum atomic E-state index is 13.8. The van der Waals surface area contributed by atoms with Gasteiger partial charge in [0.05, 0.1) is 19.2 Å². The smallest absolute Gasteiger partial charge is 0.272 e. The minimum Gasteiger partial charge on any atom is -0.481 e. The van der Waals surface area contributed by atoms with Crippen LogP contribution in [-0.4, -0.2) is 47.3 Å². The molecule has 0 spiro atoms. The molecule has 2 aliphatic rings. The first-order valence-corrected chi connectivity index (χ1v) is 10.8. The van der Waals surface area contributed by atoms with Crippen molar-refractivity contribution in [1.29, 1.82) is 0 Å². The van der Waals surface area contributed by atoms with Crippen LogP contribution in [0.25, 0.3) is 11.1 Å². The lowest BCUT2D eigenvalue weighted by Gasteiger charge is -2.20. The first-order valence-electron chi connectivity index (χ1n) is 10.8. The predicted octanol–water partition coefficient (Wildman–Crippen LogP) is 4.04. The number of amides is 1. The minimum absolute atomic E-state index is 0.0841. The van der Waals surface area contributed by atoms with Gasteiger partial charge in [0, 0.05) is 31.6 Å². The molecule has 0 N–H and O–H groups in total. The van der Waals surface area contributed by atoms with E-state index in [-0.39, 0.29) is 23.5 Å². The number of aromatic nitrogens is 2. The molecule has 2 aromatic heterocycles. The molecule has 5 rings (SSSR count). The normalized spacial score (nSPS) is 14.2. The van der Waals surface area contributed by atoms with Crippen LogP contribution in [0.4, 0.5) is 4.39 Å². The number of nitrogens with zero attached hydrogens (tertiary/aromatic N) is 4. The van der Waals surface area contributed by atoms with E-state index in [0.717, 1.165) is 29.5 Å². The molecule has 168 valence electrons. The number of methoxy groups -OCH3 is 1.